The van der Waals surface area contributed by atoms with E-state index in [4.69, 9.17) is 4.74 Å². The van der Waals surface area contributed by atoms with Crippen molar-refractivity contribution < 1.29 is 14.3 Å². The van der Waals surface area contributed by atoms with Gasteiger partial charge in [0.1, 0.15) is 11.8 Å². The molecule has 0 aliphatic carbocycles. The molecule has 1 unspecified atom stereocenters. The van der Waals surface area contributed by atoms with Gasteiger partial charge >= 0.3 is 0 Å². The van der Waals surface area contributed by atoms with Gasteiger partial charge in [-0.05, 0) is 43.2 Å². The Labute approximate surface area is 164 Å². The molecule has 5 nitrogen and oxygen atoms in total. The summed E-state index contributed by atoms with van der Waals surface area (Å²) >= 11 is 1.60. The maximum atomic E-state index is 12.8. The minimum Gasteiger partial charge on any atom is -0.496 e. The van der Waals surface area contributed by atoms with Crippen LogP contribution in [0.3, 0.4) is 0 Å². The summed E-state index contributed by atoms with van der Waals surface area (Å²) in [5.74, 6) is 1.61. The molecule has 2 aromatic carbocycles. The first-order chi connectivity index (χ1) is 13.0. The van der Waals surface area contributed by atoms with Crippen LogP contribution in [-0.4, -0.2) is 41.5 Å². The molecule has 1 heterocycles. The second kappa shape index (κ2) is 8.48. The zero-order valence-corrected chi connectivity index (χ0v) is 16.6. The number of hydrogen-bond donors (Lipinski definition) is 1. The average Bonchev–Trinajstić information content (AvgIpc) is 3.15. The van der Waals surface area contributed by atoms with Crippen molar-refractivity contribution in [1.82, 2.24) is 4.90 Å². The zero-order chi connectivity index (χ0) is 19.4. The first-order valence-electron chi connectivity index (χ1n) is 8.87. The highest BCUT2D eigenvalue weighted by atomic mass is 32.2. The van der Waals surface area contributed by atoms with E-state index in [2.05, 4.69) is 5.32 Å². The van der Waals surface area contributed by atoms with Crippen LogP contribution in [0.2, 0.25) is 0 Å². The molecule has 6 heteroatoms. The minimum atomic E-state index is -0.459. The van der Waals surface area contributed by atoms with Crippen molar-refractivity contribution in [2.75, 3.05) is 24.1 Å². The van der Waals surface area contributed by atoms with Gasteiger partial charge in [-0.25, -0.2) is 0 Å². The Kier molecular flexibility index (Phi) is 6.06. The second-order valence-corrected chi connectivity index (χ2v) is 7.66. The summed E-state index contributed by atoms with van der Waals surface area (Å²) in [5, 5.41) is 2.95. The molecule has 1 aliphatic heterocycles. The summed E-state index contributed by atoms with van der Waals surface area (Å²) in [7, 11) is 1.59. The molecule has 0 radical (unpaired) electrons. The van der Waals surface area contributed by atoms with Crippen molar-refractivity contribution in [3.05, 3.63) is 59.2 Å². The number of carbonyl (C=O) groups is 2. The van der Waals surface area contributed by atoms with Crippen LogP contribution < -0.4 is 10.1 Å². The minimum absolute atomic E-state index is 0.0651. The van der Waals surface area contributed by atoms with E-state index in [1.54, 1.807) is 23.8 Å². The van der Waals surface area contributed by atoms with E-state index in [0.29, 0.717) is 17.4 Å². The molecule has 0 spiro atoms. The standard InChI is InChI=1S/C21H24N2O3S/c1-14-8-9-17(10-15(14)2)22-21(25)18-12-27-13-23(18)20(24)11-16-6-4-5-7-19(16)26-3/h4-10,18H,11-13H2,1-3H3,(H,22,25). The average molecular weight is 385 g/mol. The van der Waals surface area contributed by atoms with Gasteiger partial charge in [0, 0.05) is 17.0 Å². The number of ether oxygens (including phenoxy) is 1. The number of methoxy groups -OCH3 is 1. The maximum Gasteiger partial charge on any atom is 0.248 e. The van der Waals surface area contributed by atoms with Crippen molar-refractivity contribution >= 4 is 29.3 Å². The Morgan fingerprint density at radius 1 is 1.19 bits per heavy atom. The third-order valence-electron chi connectivity index (χ3n) is 4.81. The normalized spacial score (nSPS) is 16.3. The van der Waals surface area contributed by atoms with Crippen molar-refractivity contribution in [1.29, 1.82) is 0 Å². The Morgan fingerprint density at radius 3 is 2.70 bits per heavy atom. The molecule has 0 bridgehead atoms. The van der Waals surface area contributed by atoms with Gasteiger partial charge in [-0.15, -0.1) is 11.8 Å². The summed E-state index contributed by atoms with van der Waals surface area (Å²) in [6.45, 7) is 4.05. The number of nitrogens with one attached hydrogen (secondary N) is 1. The highest BCUT2D eigenvalue weighted by molar-refractivity contribution is 7.99. The lowest BCUT2D eigenvalue weighted by Gasteiger charge is -2.23. The first kappa shape index (κ1) is 19.3. The molecule has 0 aromatic heterocycles. The van der Waals surface area contributed by atoms with Gasteiger partial charge in [0.15, 0.2) is 0 Å². The Balaban J connectivity index is 1.69. The van der Waals surface area contributed by atoms with Crippen molar-refractivity contribution in [3.63, 3.8) is 0 Å². The highest BCUT2D eigenvalue weighted by Gasteiger charge is 2.34. The molecule has 2 amide bonds. The number of carbonyl (C=O) groups excluding carboxylic acids is 2. The Hall–Kier alpha value is -2.47. The summed E-state index contributed by atoms with van der Waals surface area (Å²) < 4.78 is 5.33. The second-order valence-electron chi connectivity index (χ2n) is 6.66. The number of aryl methyl sites for hydroxylation is 2. The van der Waals surface area contributed by atoms with Gasteiger partial charge in [-0.3, -0.25) is 9.59 Å². The number of anilines is 1. The molecule has 2 aromatic rings. The Bertz CT molecular complexity index is 853. The third kappa shape index (κ3) is 4.45. The molecule has 27 heavy (non-hydrogen) atoms. The maximum absolute atomic E-state index is 12.8. The van der Waals surface area contributed by atoms with Crippen LogP contribution in [0.15, 0.2) is 42.5 Å². The lowest BCUT2D eigenvalue weighted by atomic mass is 10.1. The number of rotatable bonds is 5. The van der Waals surface area contributed by atoms with E-state index in [0.717, 1.165) is 16.8 Å². The Morgan fingerprint density at radius 2 is 1.96 bits per heavy atom. The smallest absolute Gasteiger partial charge is 0.248 e. The van der Waals surface area contributed by atoms with E-state index in [9.17, 15) is 9.59 Å². The molecular weight excluding hydrogens is 360 g/mol. The fraction of sp³-hybridized carbons (Fsp3) is 0.333. The van der Waals surface area contributed by atoms with E-state index >= 15 is 0 Å². The largest absolute Gasteiger partial charge is 0.496 e. The van der Waals surface area contributed by atoms with Crippen LogP contribution in [0.25, 0.3) is 0 Å². The number of hydrogen-bond acceptors (Lipinski definition) is 4. The lowest BCUT2D eigenvalue weighted by Crippen LogP contribution is -2.45. The molecule has 1 N–H and O–H groups in total. The molecule has 142 valence electrons. The van der Waals surface area contributed by atoms with Gasteiger partial charge in [0.25, 0.3) is 0 Å². The van der Waals surface area contributed by atoms with Gasteiger partial charge in [0.05, 0.1) is 19.4 Å². The first-order valence-corrected chi connectivity index (χ1v) is 10.0. The fourth-order valence-corrected chi connectivity index (χ4v) is 4.24. The predicted molar refractivity (Wildman–Crippen MR) is 109 cm³/mol. The van der Waals surface area contributed by atoms with E-state index in [-0.39, 0.29) is 18.2 Å². The summed E-state index contributed by atoms with van der Waals surface area (Å²) in [5.41, 5.74) is 3.89. The van der Waals surface area contributed by atoms with Crippen LogP contribution in [0.4, 0.5) is 5.69 Å². The number of benzene rings is 2. The quantitative estimate of drug-likeness (QED) is 0.858. The van der Waals surface area contributed by atoms with E-state index < -0.39 is 6.04 Å². The fourth-order valence-electron chi connectivity index (χ4n) is 3.06. The van der Waals surface area contributed by atoms with Crippen molar-refractivity contribution in [2.24, 2.45) is 0 Å². The number of amides is 2. The van der Waals surface area contributed by atoms with Gasteiger partial charge in [0.2, 0.25) is 11.8 Å². The molecular formula is C21H24N2O3S. The van der Waals surface area contributed by atoms with Crippen LogP contribution in [0.5, 0.6) is 5.75 Å². The van der Waals surface area contributed by atoms with Crippen molar-refractivity contribution in [2.45, 2.75) is 26.3 Å². The topological polar surface area (TPSA) is 58.6 Å². The predicted octanol–water partition coefficient (Wildman–Crippen LogP) is 3.39. The summed E-state index contributed by atoms with van der Waals surface area (Å²) in [6, 6.07) is 12.8. The summed E-state index contributed by atoms with van der Waals surface area (Å²) in [6.07, 6.45) is 0.220. The molecule has 1 fully saturated rings. The van der Waals surface area contributed by atoms with E-state index in [1.807, 2.05) is 56.3 Å². The highest BCUT2D eigenvalue weighted by Crippen LogP contribution is 2.25. The zero-order valence-electron chi connectivity index (χ0n) is 15.8. The number of nitrogens with zero attached hydrogens (tertiary/aromatic N) is 1. The lowest BCUT2D eigenvalue weighted by molar-refractivity contribution is -0.135. The van der Waals surface area contributed by atoms with Gasteiger partial charge < -0.3 is 15.0 Å². The SMILES string of the molecule is COc1ccccc1CC(=O)N1CSCC1C(=O)Nc1ccc(C)c(C)c1. The van der Waals surface area contributed by atoms with Crippen LogP contribution >= 0.6 is 11.8 Å². The number of thioether (sulfide) groups is 1. The number of para-hydroxylation sites is 1. The van der Waals surface area contributed by atoms with Crippen LogP contribution in [-0.2, 0) is 16.0 Å². The molecule has 3 rings (SSSR count). The van der Waals surface area contributed by atoms with Crippen LogP contribution in [0.1, 0.15) is 16.7 Å². The van der Waals surface area contributed by atoms with Gasteiger partial charge in [-0.1, -0.05) is 24.3 Å². The van der Waals surface area contributed by atoms with Crippen molar-refractivity contribution in [3.8, 4) is 5.75 Å². The molecule has 0 saturated carbocycles. The summed E-state index contributed by atoms with van der Waals surface area (Å²) in [4.78, 5) is 27.2. The third-order valence-corrected chi connectivity index (χ3v) is 5.83. The molecule has 1 aliphatic rings. The van der Waals surface area contributed by atoms with Crippen LogP contribution in [0, 0.1) is 13.8 Å². The van der Waals surface area contributed by atoms with E-state index in [1.165, 1.54) is 5.56 Å². The monoisotopic (exact) mass is 384 g/mol. The molecule has 1 saturated heterocycles. The molecule has 1 atom stereocenters. The van der Waals surface area contributed by atoms with Gasteiger partial charge in [-0.2, -0.15) is 0 Å².